The summed E-state index contributed by atoms with van der Waals surface area (Å²) < 4.78 is 25.4. The highest BCUT2D eigenvalue weighted by Crippen LogP contribution is 2.27. The average molecular weight is 460 g/mol. The highest BCUT2D eigenvalue weighted by atomic mass is 32.2. The zero-order valence-corrected chi connectivity index (χ0v) is 19.8. The molecule has 0 spiro atoms. The van der Waals surface area contributed by atoms with Gasteiger partial charge < -0.3 is 10.2 Å². The molecule has 4 rings (SSSR count). The van der Waals surface area contributed by atoms with E-state index in [0.717, 1.165) is 24.3 Å². The molecule has 0 saturated carbocycles. The number of hydrogen-bond donors (Lipinski definition) is 1. The number of aromatic nitrogens is 2. The molecule has 1 unspecified atom stereocenters. The lowest BCUT2D eigenvalue weighted by atomic mass is 10.1. The minimum atomic E-state index is -3.03. The summed E-state index contributed by atoms with van der Waals surface area (Å²) in [6.07, 6.45) is 4.37. The number of carbonyl (C=O) groups excluding carboxylic acids is 1. The van der Waals surface area contributed by atoms with Crippen LogP contribution in [0, 0.1) is 6.92 Å². The first-order valence-corrected chi connectivity index (χ1v) is 13.2. The zero-order valence-electron chi connectivity index (χ0n) is 19.0. The first-order valence-electron chi connectivity index (χ1n) is 11.4. The maximum Gasteiger partial charge on any atom is 0.239 e. The van der Waals surface area contributed by atoms with Crippen LogP contribution in [-0.2, 0) is 21.2 Å². The third-order valence-electron chi connectivity index (χ3n) is 6.20. The SMILES string of the molecule is Cc1cc(NC(=O)CN(C)Cc2ccc(N3CCCCC3)cc2)n(C2CCS(=O)(=O)C2)n1. The molecule has 1 aromatic heterocycles. The molecule has 2 aliphatic heterocycles. The number of rotatable bonds is 7. The summed E-state index contributed by atoms with van der Waals surface area (Å²) in [5.41, 5.74) is 3.19. The third kappa shape index (κ3) is 5.69. The molecule has 0 bridgehead atoms. The number of piperidine rings is 1. The van der Waals surface area contributed by atoms with E-state index in [0.29, 0.717) is 18.8 Å². The number of aryl methyl sites for hydroxylation is 1. The van der Waals surface area contributed by atoms with Gasteiger partial charge in [-0.3, -0.25) is 9.69 Å². The number of amides is 1. The normalized spacial score (nSPS) is 20.6. The summed E-state index contributed by atoms with van der Waals surface area (Å²) in [4.78, 5) is 17.1. The summed E-state index contributed by atoms with van der Waals surface area (Å²) in [6.45, 7) is 5.01. The van der Waals surface area contributed by atoms with Crippen molar-refractivity contribution in [3.63, 3.8) is 0 Å². The van der Waals surface area contributed by atoms with E-state index in [1.165, 1.54) is 24.9 Å². The van der Waals surface area contributed by atoms with E-state index in [1.54, 1.807) is 10.7 Å². The average Bonchev–Trinajstić information content (AvgIpc) is 3.30. The Morgan fingerprint density at radius 3 is 2.56 bits per heavy atom. The monoisotopic (exact) mass is 459 g/mol. The number of sulfone groups is 1. The predicted molar refractivity (Wildman–Crippen MR) is 127 cm³/mol. The van der Waals surface area contributed by atoms with E-state index in [1.807, 2.05) is 18.9 Å². The molecular weight excluding hydrogens is 426 g/mol. The molecule has 9 heteroatoms. The Balaban J connectivity index is 1.32. The van der Waals surface area contributed by atoms with Crippen LogP contribution in [0.1, 0.15) is 43.0 Å². The lowest BCUT2D eigenvalue weighted by Crippen LogP contribution is -2.31. The first-order chi connectivity index (χ1) is 15.3. The number of anilines is 2. The number of carbonyl (C=O) groups is 1. The van der Waals surface area contributed by atoms with Crippen molar-refractivity contribution in [1.82, 2.24) is 14.7 Å². The highest BCUT2D eigenvalue weighted by Gasteiger charge is 2.31. The number of hydrogen-bond acceptors (Lipinski definition) is 6. The van der Waals surface area contributed by atoms with E-state index in [-0.39, 0.29) is 30.0 Å². The molecule has 3 heterocycles. The largest absolute Gasteiger partial charge is 0.372 e. The maximum atomic E-state index is 12.7. The molecule has 2 saturated heterocycles. The number of nitrogens with zero attached hydrogens (tertiary/aromatic N) is 4. The van der Waals surface area contributed by atoms with Crippen molar-refractivity contribution in [3.05, 3.63) is 41.6 Å². The summed E-state index contributed by atoms with van der Waals surface area (Å²) >= 11 is 0. The molecule has 1 amide bonds. The third-order valence-corrected chi connectivity index (χ3v) is 7.95. The molecule has 1 atom stereocenters. The molecule has 2 aliphatic rings. The second kappa shape index (κ2) is 9.62. The van der Waals surface area contributed by atoms with Crippen LogP contribution in [0.15, 0.2) is 30.3 Å². The van der Waals surface area contributed by atoms with Gasteiger partial charge in [0.15, 0.2) is 9.84 Å². The van der Waals surface area contributed by atoms with E-state index in [4.69, 9.17) is 0 Å². The van der Waals surface area contributed by atoms with Crippen molar-refractivity contribution >= 4 is 27.2 Å². The van der Waals surface area contributed by atoms with Gasteiger partial charge in [-0.15, -0.1) is 0 Å². The van der Waals surface area contributed by atoms with E-state index in [9.17, 15) is 13.2 Å². The van der Waals surface area contributed by atoms with Crippen molar-refractivity contribution < 1.29 is 13.2 Å². The molecule has 32 heavy (non-hydrogen) atoms. The molecule has 2 aromatic rings. The number of nitrogens with one attached hydrogen (secondary N) is 1. The van der Waals surface area contributed by atoms with Gasteiger partial charge in [0.25, 0.3) is 0 Å². The Labute approximate surface area is 190 Å². The van der Waals surface area contributed by atoms with Crippen LogP contribution in [0.5, 0.6) is 0 Å². The van der Waals surface area contributed by atoms with Gasteiger partial charge in [0, 0.05) is 31.4 Å². The molecule has 0 radical (unpaired) electrons. The topological polar surface area (TPSA) is 87.5 Å². The summed E-state index contributed by atoms with van der Waals surface area (Å²) in [5.74, 6) is 0.668. The fraction of sp³-hybridized carbons (Fsp3) is 0.565. The highest BCUT2D eigenvalue weighted by molar-refractivity contribution is 7.91. The van der Waals surface area contributed by atoms with Crippen LogP contribution in [0.4, 0.5) is 11.5 Å². The van der Waals surface area contributed by atoms with Crippen LogP contribution in [0.2, 0.25) is 0 Å². The lowest BCUT2D eigenvalue weighted by molar-refractivity contribution is -0.117. The van der Waals surface area contributed by atoms with Gasteiger partial charge in [0.05, 0.1) is 29.8 Å². The van der Waals surface area contributed by atoms with Gasteiger partial charge in [0.2, 0.25) is 5.91 Å². The van der Waals surface area contributed by atoms with Crippen LogP contribution in [0.3, 0.4) is 0 Å². The maximum absolute atomic E-state index is 12.7. The Morgan fingerprint density at radius 1 is 1.19 bits per heavy atom. The van der Waals surface area contributed by atoms with Crippen molar-refractivity contribution in [3.8, 4) is 0 Å². The van der Waals surface area contributed by atoms with Gasteiger partial charge in [-0.05, 0) is 57.4 Å². The molecule has 1 N–H and O–H groups in total. The van der Waals surface area contributed by atoms with Gasteiger partial charge in [-0.2, -0.15) is 5.10 Å². The summed E-state index contributed by atoms with van der Waals surface area (Å²) in [5, 5.41) is 7.35. The molecule has 174 valence electrons. The Hall–Kier alpha value is -2.39. The second-order valence-corrected chi connectivity index (χ2v) is 11.3. The first kappa shape index (κ1) is 22.8. The predicted octanol–water partition coefficient (Wildman–Crippen LogP) is 2.61. The Morgan fingerprint density at radius 2 is 1.91 bits per heavy atom. The number of benzene rings is 1. The Kier molecular flexibility index (Phi) is 6.85. The minimum absolute atomic E-state index is 0.0737. The van der Waals surface area contributed by atoms with Crippen LogP contribution >= 0.6 is 0 Å². The standard InChI is InChI=1S/C23H33N5O3S/c1-18-14-22(28(25-18)21-10-13-32(30,31)17-21)24-23(29)16-26(2)15-19-6-8-20(9-7-19)27-11-4-3-5-12-27/h6-9,14,21H,3-5,10-13,15-17H2,1-2H3,(H,24,29). The zero-order chi connectivity index (χ0) is 22.7. The minimum Gasteiger partial charge on any atom is -0.372 e. The smallest absolute Gasteiger partial charge is 0.239 e. The lowest BCUT2D eigenvalue weighted by Gasteiger charge is -2.29. The molecule has 0 aliphatic carbocycles. The number of likely N-dealkylation sites (N-methyl/N-ethyl adjacent to an activating group) is 1. The van der Waals surface area contributed by atoms with Crippen LogP contribution in [-0.4, -0.2) is 67.2 Å². The fourth-order valence-corrected chi connectivity index (χ4v) is 6.31. The van der Waals surface area contributed by atoms with Crippen LogP contribution < -0.4 is 10.2 Å². The molecule has 1 aromatic carbocycles. The second-order valence-electron chi connectivity index (χ2n) is 9.11. The van der Waals surface area contributed by atoms with Crippen molar-refractivity contribution in [2.24, 2.45) is 0 Å². The van der Waals surface area contributed by atoms with Crippen LogP contribution in [0.25, 0.3) is 0 Å². The van der Waals surface area contributed by atoms with Crippen molar-refractivity contribution in [1.29, 1.82) is 0 Å². The molecule has 2 fully saturated rings. The molecular formula is C23H33N5O3S. The fourth-order valence-electron chi connectivity index (χ4n) is 4.62. The van der Waals surface area contributed by atoms with E-state index >= 15 is 0 Å². The van der Waals surface area contributed by atoms with Crippen molar-refractivity contribution in [2.45, 2.75) is 45.2 Å². The quantitative estimate of drug-likeness (QED) is 0.685. The van der Waals surface area contributed by atoms with E-state index in [2.05, 4.69) is 39.6 Å². The van der Waals surface area contributed by atoms with Gasteiger partial charge in [0.1, 0.15) is 5.82 Å². The molecule has 8 nitrogen and oxygen atoms in total. The van der Waals surface area contributed by atoms with Gasteiger partial charge >= 0.3 is 0 Å². The van der Waals surface area contributed by atoms with Gasteiger partial charge in [-0.1, -0.05) is 12.1 Å². The summed E-state index contributed by atoms with van der Waals surface area (Å²) in [7, 11) is -1.11. The Bertz CT molecular complexity index is 1040. The van der Waals surface area contributed by atoms with E-state index < -0.39 is 9.84 Å². The van der Waals surface area contributed by atoms with Gasteiger partial charge in [-0.25, -0.2) is 13.1 Å². The van der Waals surface area contributed by atoms with Crippen molar-refractivity contribution in [2.75, 3.05) is 48.4 Å². The summed E-state index contributed by atoms with van der Waals surface area (Å²) in [6, 6.07) is 10.2.